The summed E-state index contributed by atoms with van der Waals surface area (Å²) in [5, 5.41) is 9.97. The topological polar surface area (TPSA) is 57.6 Å². The number of nitrogens with zero attached hydrogens (tertiary/aromatic N) is 1. The second kappa shape index (κ2) is 7.10. The van der Waals surface area contributed by atoms with Gasteiger partial charge in [-0.15, -0.1) is 0 Å². The molecule has 3 aromatic rings. The molecule has 134 valence electrons. The van der Waals surface area contributed by atoms with Crippen LogP contribution >= 0.6 is 23.4 Å². The number of carbonyl (C=O) groups excluding carboxylic acids is 1. The molecule has 27 heavy (non-hydrogen) atoms. The summed E-state index contributed by atoms with van der Waals surface area (Å²) in [7, 11) is 0. The zero-order valence-electron chi connectivity index (χ0n) is 14.1. The lowest BCUT2D eigenvalue weighted by Crippen LogP contribution is -2.30. The van der Waals surface area contributed by atoms with Crippen molar-refractivity contribution in [2.45, 2.75) is 16.3 Å². The van der Waals surface area contributed by atoms with Crippen molar-refractivity contribution in [3.05, 3.63) is 88.4 Å². The van der Waals surface area contributed by atoms with Gasteiger partial charge in [-0.05, 0) is 48.0 Å². The van der Waals surface area contributed by atoms with Gasteiger partial charge in [0.15, 0.2) is 0 Å². The van der Waals surface area contributed by atoms with Crippen molar-refractivity contribution in [1.82, 2.24) is 0 Å². The summed E-state index contributed by atoms with van der Waals surface area (Å²) in [5.74, 6) is -1.20. The van der Waals surface area contributed by atoms with Gasteiger partial charge in [0.1, 0.15) is 0 Å². The Morgan fingerprint density at radius 2 is 1.81 bits per heavy atom. The normalized spacial score (nSPS) is 12.9. The number of rotatable bonds is 3. The third-order valence-electron chi connectivity index (χ3n) is 4.31. The van der Waals surface area contributed by atoms with Crippen LogP contribution in [0.15, 0.2) is 76.5 Å². The number of fused-ring (bicyclic) bond motifs is 2. The molecule has 0 radical (unpaired) electrons. The molecule has 4 nitrogen and oxygen atoms in total. The molecule has 1 amide bonds. The van der Waals surface area contributed by atoms with E-state index in [1.807, 2.05) is 30.3 Å². The minimum absolute atomic E-state index is 0.143. The summed E-state index contributed by atoms with van der Waals surface area (Å²) in [6.07, 6.45) is 0. The first-order valence-electron chi connectivity index (χ1n) is 8.23. The molecule has 3 aromatic carbocycles. The first-order chi connectivity index (χ1) is 13.0. The van der Waals surface area contributed by atoms with Gasteiger partial charge < -0.3 is 10.0 Å². The van der Waals surface area contributed by atoms with Gasteiger partial charge in [0.2, 0.25) is 0 Å². The Balaban J connectivity index is 1.87. The molecule has 6 heteroatoms. The Morgan fingerprint density at radius 1 is 1.00 bits per heavy atom. The van der Waals surface area contributed by atoms with Gasteiger partial charge in [-0.1, -0.05) is 47.6 Å². The van der Waals surface area contributed by atoms with E-state index in [-0.39, 0.29) is 11.5 Å². The molecule has 0 atom stereocenters. The monoisotopic (exact) mass is 395 g/mol. The highest BCUT2D eigenvalue weighted by Gasteiger charge is 2.28. The molecule has 0 aromatic heterocycles. The minimum atomic E-state index is -1.03. The lowest BCUT2D eigenvalue weighted by molar-refractivity contribution is 0.0696. The second-order valence-corrected chi connectivity index (χ2v) is 7.63. The van der Waals surface area contributed by atoms with Crippen LogP contribution in [0, 0.1) is 0 Å². The van der Waals surface area contributed by atoms with E-state index in [1.165, 1.54) is 11.8 Å². The van der Waals surface area contributed by atoms with Crippen molar-refractivity contribution in [2.75, 3.05) is 4.90 Å². The molecule has 0 spiro atoms. The summed E-state index contributed by atoms with van der Waals surface area (Å²) in [4.78, 5) is 28.1. The largest absolute Gasteiger partial charge is 0.478 e. The van der Waals surface area contributed by atoms with E-state index in [0.29, 0.717) is 22.8 Å². The average Bonchev–Trinajstić information content (AvgIpc) is 2.77. The fourth-order valence-corrected chi connectivity index (χ4v) is 4.30. The molecule has 0 saturated heterocycles. The molecule has 1 N–H and O–H groups in total. The molecule has 0 fully saturated rings. The van der Waals surface area contributed by atoms with Crippen LogP contribution < -0.4 is 4.90 Å². The maximum Gasteiger partial charge on any atom is 0.335 e. The molecule has 1 heterocycles. The van der Waals surface area contributed by atoms with E-state index < -0.39 is 5.97 Å². The van der Waals surface area contributed by atoms with E-state index in [0.717, 1.165) is 15.4 Å². The fraction of sp³-hybridized carbons (Fsp3) is 0.0476. The van der Waals surface area contributed by atoms with Crippen LogP contribution in [0.1, 0.15) is 26.3 Å². The van der Waals surface area contributed by atoms with Crippen molar-refractivity contribution in [3.8, 4) is 0 Å². The van der Waals surface area contributed by atoms with Crippen molar-refractivity contribution in [2.24, 2.45) is 0 Å². The Morgan fingerprint density at radius 3 is 2.59 bits per heavy atom. The molecular formula is C21H14ClNO3S. The third kappa shape index (κ3) is 3.44. The van der Waals surface area contributed by atoms with E-state index in [2.05, 4.69) is 0 Å². The highest BCUT2D eigenvalue weighted by Crippen LogP contribution is 2.42. The Kier molecular flexibility index (Phi) is 4.64. The molecule has 4 rings (SSSR count). The first-order valence-corrected chi connectivity index (χ1v) is 9.43. The predicted molar refractivity (Wildman–Crippen MR) is 106 cm³/mol. The van der Waals surface area contributed by atoms with E-state index in [1.54, 1.807) is 41.3 Å². The number of carboxylic acid groups (broad SMARTS) is 1. The second-order valence-electron chi connectivity index (χ2n) is 6.11. The fourth-order valence-electron chi connectivity index (χ4n) is 3.03. The van der Waals surface area contributed by atoms with Crippen LogP contribution in [0.2, 0.25) is 5.02 Å². The molecule has 0 bridgehead atoms. The summed E-state index contributed by atoms with van der Waals surface area (Å²) in [6, 6.07) is 19.6. The van der Waals surface area contributed by atoms with Crippen LogP contribution in [-0.4, -0.2) is 17.0 Å². The molecule has 1 aliphatic heterocycles. The van der Waals surface area contributed by atoms with Gasteiger partial charge in [0.25, 0.3) is 5.91 Å². The SMILES string of the molecule is O=C(O)c1ccc2c(c1)N(Cc1cccc(Cl)c1)C(=O)c1ccccc1S2. The number of hydrogen-bond acceptors (Lipinski definition) is 3. The van der Waals surface area contributed by atoms with Gasteiger partial charge in [-0.3, -0.25) is 4.79 Å². The number of anilines is 1. The molecule has 0 unspecified atom stereocenters. The van der Waals surface area contributed by atoms with Gasteiger partial charge in [-0.25, -0.2) is 4.79 Å². The number of hydrogen-bond donors (Lipinski definition) is 1. The van der Waals surface area contributed by atoms with Crippen molar-refractivity contribution < 1.29 is 14.7 Å². The maximum atomic E-state index is 13.3. The van der Waals surface area contributed by atoms with Gasteiger partial charge >= 0.3 is 5.97 Å². The van der Waals surface area contributed by atoms with Crippen LogP contribution in [-0.2, 0) is 6.54 Å². The average molecular weight is 396 g/mol. The zero-order valence-corrected chi connectivity index (χ0v) is 15.6. The van der Waals surface area contributed by atoms with Crippen molar-refractivity contribution in [1.29, 1.82) is 0 Å². The summed E-state index contributed by atoms with van der Waals surface area (Å²) in [5.41, 5.74) is 2.19. The summed E-state index contributed by atoms with van der Waals surface area (Å²) < 4.78 is 0. The van der Waals surface area contributed by atoms with Gasteiger partial charge in [-0.2, -0.15) is 0 Å². The molecule has 0 saturated carbocycles. The lowest BCUT2D eigenvalue weighted by Gasteiger charge is -2.23. The number of aromatic carboxylic acids is 1. The first kappa shape index (κ1) is 17.6. The van der Waals surface area contributed by atoms with E-state index in [4.69, 9.17) is 11.6 Å². The molecule has 0 aliphatic carbocycles. The summed E-state index contributed by atoms with van der Waals surface area (Å²) in [6.45, 7) is 0.296. The number of carboxylic acids is 1. The predicted octanol–water partition coefficient (Wildman–Crippen LogP) is 5.35. The maximum absolute atomic E-state index is 13.3. The van der Waals surface area contributed by atoms with E-state index >= 15 is 0 Å². The molecular weight excluding hydrogens is 382 g/mol. The smallest absolute Gasteiger partial charge is 0.335 e. The minimum Gasteiger partial charge on any atom is -0.478 e. The summed E-state index contributed by atoms with van der Waals surface area (Å²) >= 11 is 7.56. The highest BCUT2D eigenvalue weighted by molar-refractivity contribution is 7.99. The van der Waals surface area contributed by atoms with Crippen molar-refractivity contribution >= 4 is 40.9 Å². The van der Waals surface area contributed by atoms with Crippen LogP contribution in [0.25, 0.3) is 0 Å². The Hall–Kier alpha value is -2.76. The number of carbonyl (C=O) groups is 2. The standard InChI is InChI=1S/C21H14ClNO3S/c22-15-5-3-4-13(10-15)12-23-17-11-14(21(25)26)8-9-19(17)27-18-7-2-1-6-16(18)20(23)24/h1-11H,12H2,(H,25,26). The highest BCUT2D eigenvalue weighted by atomic mass is 35.5. The van der Waals surface area contributed by atoms with Gasteiger partial charge in [0, 0.05) is 14.8 Å². The van der Waals surface area contributed by atoms with E-state index in [9.17, 15) is 14.7 Å². The quantitative estimate of drug-likeness (QED) is 0.649. The number of halogens is 1. The zero-order chi connectivity index (χ0) is 19.0. The van der Waals surface area contributed by atoms with Crippen molar-refractivity contribution in [3.63, 3.8) is 0 Å². The Bertz CT molecular complexity index is 1070. The van der Waals surface area contributed by atoms with Gasteiger partial charge in [0.05, 0.1) is 23.4 Å². The number of benzene rings is 3. The lowest BCUT2D eigenvalue weighted by atomic mass is 10.1. The molecule has 1 aliphatic rings. The Labute approximate surface area is 165 Å². The van der Waals surface area contributed by atoms with Crippen LogP contribution in [0.5, 0.6) is 0 Å². The van der Waals surface area contributed by atoms with Crippen LogP contribution in [0.4, 0.5) is 5.69 Å². The van der Waals surface area contributed by atoms with Crippen LogP contribution in [0.3, 0.4) is 0 Å². The number of amides is 1. The third-order valence-corrected chi connectivity index (χ3v) is 5.69.